The second kappa shape index (κ2) is 5.19. The lowest BCUT2D eigenvalue weighted by Gasteiger charge is -2.23. The summed E-state index contributed by atoms with van der Waals surface area (Å²) in [5, 5.41) is 5.67. The molecule has 0 radical (unpaired) electrons. The Kier molecular flexibility index (Phi) is 3.87. The summed E-state index contributed by atoms with van der Waals surface area (Å²) < 4.78 is 5.30. The Morgan fingerprint density at radius 2 is 2.19 bits per heavy atom. The van der Waals surface area contributed by atoms with E-state index in [1.54, 1.807) is 18.4 Å². The molecular formula is C13H21NOS. The first kappa shape index (κ1) is 11.9. The molecule has 2 rings (SSSR count). The van der Waals surface area contributed by atoms with Crippen molar-refractivity contribution in [1.82, 2.24) is 5.32 Å². The molecule has 2 nitrogen and oxygen atoms in total. The van der Waals surface area contributed by atoms with Gasteiger partial charge in [-0.3, -0.25) is 0 Å². The molecule has 1 aliphatic rings. The number of nitrogens with one attached hydrogen (secondary N) is 1. The Morgan fingerprint density at radius 3 is 2.88 bits per heavy atom. The summed E-state index contributed by atoms with van der Waals surface area (Å²) in [5.74, 6) is 1.02. The number of rotatable bonds is 5. The molecule has 0 atom stereocenters. The highest BCUT2D eigenvalue weighted by Crippen LogP contribution is 2.36. The van der Waals surface area contributed by atoms with Crippen molar-refractivity contribution >= 4 is 11.3 Å². The topological polar surface area (TPSA) is 21.3 Å². The average molecular weight is 239 g/mol. The van der Waals surface area contributed by atoms with Crippen LogP contribution in [-0.2, 0) is 6.54 Å². The van der Waals surface area contributed by atoms with Crippen LogP contribution in [0.3, 0.4) is 0 Å². The van der Waals surface area contributed by atoms with Crippen molar-refractivity contribution < 1.29 is 4.74 Å². The summed E-state index contributed by atoms with van der Waals surface area (Å²) in [6.07, 6.45) is 5.56. The fraction of sp³-hybridized carbons (Fsp3) is 0.692. The van der Waals surface area contributed by atoms with E-state index in [4.69, 9.17) is 4.74 Å². The Morgan fingerprint density at radius 1 is 1.44 bits per heavy atom. The van der Waals surface area contributed by atoms with Gasteiger partial charge in [-0.05, 0) is 29.7 Å². The van der Waals surface area contributed by atoms with Gasteiger partial charge in [-0.2, -0.15) is 0 Å². The third kappa shape index (κ3) is 2.77. The smallest absolute Gasteiger partial charge is 0.134 e. The molecule has 90 valence electrons. The number of thiophene rings is 1. The first-order valence-corrected chi connectivity index (χ1v) is 6.93. The molecule has 0 bridgehead atoms. The highest BCUT2D eigenvalue weighted by molar-refractivity contribution is 7.10. The lowest BCUT2D eigenvalue weighted by Crippen LogP contribution is -2.28. The molecule has 1 aromatic rings. The molecule has 1 heterocycles. The van der Waals surface area contributed by atoms with Gasteiger partial charge in [-0.15, -0.1) is 11.3 Å². The fourth-order valence-electron chi connectivity index (χ4n) is 2.52. The van der Waals surface area contributed by atoms with Gasteiger partial charge in [0.05, 0.1) is 12.0 Å². The zero-order valence-electron chi connectivity index (χ0n) is 10.2. The van der Waals surface area contributed by atoms with Crippen molar-refractivity contribution in [3.8, 4) is 5.75 Å². The van der Waals surface area contributed by atoms with Crippen LogP contribution in [0, 0.1) is 5.41 Å². The first-order valence-electron chi connectivity index (χ1n) is 6.05. The van der Waals surface area contributed by atoms with Crippen molar-refractivity contribution in [2.45, 2.75) is 39.2 Å². The maximum Gasteiger partial charge on any atom is 0.134 e. The van der Waals surface area contributed by atoms with Gasteiger partial charge in [-0.1, -0.05) is 19.8 Å². The van der Waals surface area contributed by atoms with Crippen LogP contribution in [-0.4, -0.2) is 13.7 Å². The van der Waals surface area contributed by atoms with Gasteiger partial charge in [0.1, 0.15) is 5.75 Å². The molecule has 0 spiro atoms. The Labute approximate surface area is 102 Å². The molecular weight excluding hydrogens is 218 g/mol. The van der Waals surface area contributed by atoms with E-state index in [0.29, 0.717) is 5.41 Å². The molecule has 0 amide bonds. The predicted molar refractivity (Wildman–Crippen MR) is 69.2 cm³/mol. The lowest BCUT2D eigenvalue weighted by atomic mass is 9.89. The first-order chi connectivity index (χ1) is 7.73. The largest absolute Gasteiger partial charge is 0.496 e. The third-order valence-corrected chi connectivity index (χ3v) is 4.47. The van der Waals surface area contributed by atoms with E-state index in [-0.39, 0.29) is 0 Å². The number of ether oxygens (including phenoxy) is 1. The molecule has 0 aromatic carbocycles. The van der Waals surface area contributed by atoms with Crippen molar-refractivity contribution in [1.29, 1.82) is 0 Å². The third-order valence-electron chi connectivity index (χ3n) is 3.57. The van der Waals surface area contributed by atoms with Gasteiger partial charge in [-0.25, -0.2) is 0 Å². The van der Waals surface area contributed by atoms with Gasteiger partial charge in [0.2, 0.25) is 0 Å². The van der Waals surface area contributed by atoms with E-state index >= 15 is 0 Å². The van der Waals surface area contributed by atoms with Crippen LogP contribution in [0.1, 0.15) is 37.5 Å². The quantitative estimate of drug-likeness (QED) is 0.850. The van der Waals surface area contributed by atoms with Gasteiger partial charge < -0.3 is 10.1 Å². The minimum Gasteiger partial charge on any atom is -0.496 e. The van der Waals surface area contributed by atoms with Gasteiger partial charge in [0.25, 0.3) is 0 Å². The molecule has 1 N–H and O–H groups in total. The normalized spacial score (nSPS) is 18.9. The van der Waals surface area contributed by atoms with Crippen molar-refractivity contribution in [2.24, 2.45) is 5.41 Å². The molecule has 1 fully saturated rings. The summed E-state index contributed by atoms with van der Waals surface area (Å²) in [6.45, 7) is 4.48. The highest BCUT2D eigenvalue weighted by atomic mass is 32.1. The van der Waals surface area contributed by atoms with Crippen molar-refractivity contribution in [2.75, 3.05) is 13.7 Å². The maximum atomic E-state index is 5.30. The zero-order valence-corrected chi connectivity index (χ0v) is 11.0. The summed E-state index contributed by atoms with van der Waals surface area (Å²) in [4.78, 5) is 1.31. The minimum absolute atomic E-state index is 0.532. The molecule has 1 saturated carbocycles. The molecule has 16 heavy (non-hydrogen) atoms. The van der Waals surface area contributed by atoms with Gasteiger partial charge in [0.15, 0.2) is 0 Å². The van der Waals surface area contributed by atoms with Gasteiger partial charge >= 0.3 is 0 Å². The fourth-order valence-corrected chi connectivity index (χ4v) is 3.33. The van der Waals surface area contributed by atoms with E-state index in [0.717, 1.165) is 18.8 Å². The van der Waals surface area contributed by atoms with Crippen LogP contribution in [0.15, 0.2) is 11.4 Å². The maximum absolute atomic E-state index is 5.30. The SMILES string of the molecule is COc1ccsc1CNCC1(C)CCCC1. The van der Waals surface area contributed by atoms with E-state index in [2.05, 4.69) is 17.6 Å². The second-order valence-electron chi connectivity index (χ2n) is 5.03. The number of hydrogen-bond donors (Lipinski definition) is 1. The van der Waals surface area contributed by atoms with Crippen molar-refractivity contribution in [3.05, 3.63) is 16.3 Å². The number of methoxy groups -OCH3 is 1. The average Bonchev–Trinajstić information content (AvgIpc) is 2.88. The number of hydrogen-bond acceptors (Lipinski definition) is 3. The van der Waals surface area contributed by atoms with Crippen LogP contribution in [0.5, 0.6) is 5.75 Å². The molecule has 1 aliphatic carbocycles. The summed E-state index contributed by atoms with van der Waals surface area (Å²) >= 11 is 1.77. The Balaban J connectivity index is 1.79. The van der Waals surface area contributed by atoms with E-state index < -0.39 is 0 Å². The molecule has 0 saturated heterocycles. The van der Waals surface area contributed by atoms with Crippen LogP contribution in [0.4, 0.5) is 0 Å². The molecule has 3 heteroatoms. The second-order valence-corrected chi connectivity index (χ2v) is 6.03. The van der Waals surface area contributed by atoms with Crippen LogP contribution in [0.2, 0.25) is 0 Å². The van der Waals surface area contributed by atoms with Crippen LogP contribution < -0.4 is 10.1 Å². The van der Waals surface area contributed by atoms with E-state index in [9.17, 15) is 0 Å². The van der Waals surface area contributed by atoms with E-state index in [1.807, 2.05) is 6.07 Å². The van der Waals surface area contributed by atoms with Crippen molar-refractivity contribution in [3.63, 3.8) is 0 Å². The van der Waals surface area contributed by atoms with Crippen LogP contribution >= 0.6 is 11.3 Å². The summed E-state index contributed by atoms with van der Waals surface area (Å²) in [6, 6.07) is 2.04. The molecule has 1 aromatic heterocycles. The minimum atomic E-state index is 0.532. The lowest BCUT2D eigenvalue weighted by molar-refractivity contribution is 0.314. The monoisotopic (exact) mass is 239 g/mol. The Bertz CT molecular complexity index is 328. The molecule has 0 aliphatic heterocycles. The van der Waals surface area contributed by atoms with Gasteiger partial charge in [0, 0.05) is 13.1 Å². The summed E-state index contributed by atoms with van der Waals surface area (Å²) in [5.41, 5.74) is 0.532. The van der Waals surface area contributed by atoms with E-state index in [1.165, 1.54) is 30.6 Å². The van der Waals surface area contributed by atoms with Crippen LogP contribution in [0.25, 0.3) is 0 Å². The standard InChI is InChI=1S/C13H21NOS/c1-13(6-3-4-7-13)10-14-9-12-11(15-2)5-8-16-12/h5,8,14H,3-4,6-7,9-10H2,1-2H3. The molecule has 0 unspecified atom stereocenters. The summed E-state index contributed by atoms with van der Waals surface area (Å²) in [7, 11) is 1.74. The predicted octanol–water partition coefficient (Wildman–Crippen LogP) is 3.43. The zero-order chi connectivity index (χ0) is 11.4. The highest BCUT2D eigenvalue weighted by Gasteiger charge is 2.27. The Hall–Kier alpha value is -0.540.